The molecule has 0 aliphatic heterocycles. The van der Waals surface area contributed by atoms with E-state index >= 15 is 0 Å². The summed E-state index contributed by atoms with van der Waals surface area (Å²) in [5.74, 6) is -1.15. The van der Waals surface area contributed by atoms with Crippen molar-refractivity contribution >= 4 is 17.8 Å². The molecule has 0 radical (unpaired) electrons. The molecule has 0 aromatic heterocycles. The minimum Gasteiger partial charge on any atom is -0.468 e. The van der Waals surface area contributed by atoms with Gasteiger partial charge in [-0.3, -0.25) is 4.79 Å². The van der Waals surface area contributed by atoms with Crippen molar-refractivity contribution in [2.24, 2.45) is 5.73 Å². The van der Waals surface area contributed by atoms with Crippen molar-refractivity contribution in [3.05, 3.63) is 35.6 Å². The Morgan fingerprint density at radius 3 is 2.82 bits per heavy atom. The number of ether oxygens (including phenoxy) is 1. The normalized spacial score (nSPS) is 13.8. The minimum absolute atomic E-state index is 0.0564. The molecule has 92 valence electrons. The number of hydrogen-bond acceptors (Lipinski definition) is 4. The lowest BCUT2D eigenvalue weighted by Gasteiger charge is -2.16. The molecular weight excluding hydrogens is 247 g/mol. The molecule has 0 heterocycles. The van der Waals surface area contributed by atoms with Crippen LogP contribution in [0.3, 0.4) is 0 Å². The van der Waals surface area contributed by atoms with E-state index in [-0.39, 0.29) is 11.9 Å². The van der Waals surface area contributed by atoms with Gasteiger partial charge in [-0.1, -0.05) is 12.1 Å². The third-order valence-electron chi connectivity index (χ3n) is 2.22. The summed E-state index contributed by atoms with van der Waals surface area (Å²) in [6, 6.07) is 3.62. The average Bonchev–Trinajstić information content (AvgIpc) is 2.34. The fourth-order valence-electron chi connectivity index (χ4n) is 1.37. The molecule has 0 fully saturated rings. The van der Waals surface area contributed by atoms with Gasteiger partial charge < -0.3 is 10.5 Å². The lowest BCUT2D eigenvalue weighted by Crippen LogP contribution is -2.43. The van der Waals surface area contributed by atoms with Crippen molar-refractivity contribution in [2.75, 3.05) is 7.11 Å². The predicted molar refractivity (Wildman–Crippen MR) is 60.3 cm³/mol. The van der Waals surface area contributed by atoms with Crippen LogP contribution in [0.5, 0.6) is 0 Å². The minimum atomic E-state index is -1.08. The number of methoxy groups -OCH3 is 1. The van der Waals surface area contributed by atoms with Crippen LogP contribution in [-0.2, 0) is 25.6 Å². The fraction of sp³-hybridized carbons (Fsp3) is 0.300. The molecular formula is C10H12FN2O3S+. The maximum Gasteiger partial charge on any atom is 0.588 e. The molecule has 0 aliphatic rings. The lowest BCUT2D eigenvalue weighted by molar-refractivity contribution is -0.142. The van der Waals surface area contributed by atoms with E-state index in [1.807, 2.05) is 0 Å². The summed E-state index contributed by atoms with van der Waals surface area (Å²) in [6.07, 6.45) is 0. The maximum absolute atomic E-state index is 13.0. The zero-order chi connectivity index (χ0) is 12.8. The molecule has 1 aromatic rings. The van der Waals surface area contributed by atoms with Crippen molar-refractivity contribution in [1.82, 2.24) is 4.72 Å². The Morgan fingerprint density at radius 1 is 1.59 bits per heavy atom. The summed E-state index contributed by atoms with van der Waals surface area (Å²) in [6.45, 7) is 0. The van der Waals surface area contributed by atoms with E-state index in [1.54, 1.807) is 6.07 Å². The molecule has 0 saturated carbocycles. The molecule has 1 aromatic carbocycles. The summed E-state index contributed by atoms with van der Waals surface area (Å²) in [7, 11) is 1.19. The summed E-state index contributed by atoms with van der Waals surface area (Å²) in [4.78, 5) is 11.3. The van der Waals surface area contributed by atoms with Crippen LogP contribution in [0.25, 0.3) is 0 Å². The van der Waals surface area contributed by atoms with E-state index in [0.29, 0.717) is 5.56 Å². The number of halogens is 1. The second-order valence-electron chi connectivity index (χ2n) is 3.28. The summed E-state index contributed by atoms with van der Waals surface area (Å²) < 4.78 is 30.5. The first kappa shape index (κ1) is 13.6. The topological polar surface area (TPSA) is 81.4 Å². The summed E-state index contributed by atoms with van der Waals surface area (Å²) in [5, 5.41) is 0. The van der Waals surface area contributed by atoms with Crippen molar-refractivity contribution in [2.45, 2.75) is 12.1 Å². The van der Waals surface area contributed by atoms with Gasteiger partial charge in [0.15, 0.2) is 0 Å². The van der Waals surface area contributed by atoms with E-state index < -0.39 is 23.9 Å². The van der Waals surface area contributed by atoms with Crippen LogP contribution in [-0.4, -0.2) is 19.1 Å². The highest BCUT2D eigenvalue weighted by atomic mass is 32.2. The number of carbonyl (C=O) groups excluding carboxylic acids is 1. The molecule has 0 amide bonds. The number of nitrogens with one attached hydrogen (secondary N) is 1. The number of benzene rings is 1. The Bertz CT molecular complexity index is 416. The van der Waals surface area contributed by atoms with Crippen LogP contribution < -0.4 is 10.5 Å². The van der Waals surface area contributed by atoms with Gasteiger partial charge >= 0.3 is 17.8 Å². The fourth-order valence-corrected chi connectivity index (χ4v) is 1.76. The third-order valence-corrected chi connectivity index (χ3v) is 2.57. The first-order chi connectivity index (χ1) is 8.10. The molecule has 0 bridgehead atoms. The van der Waals surface area contributed by atoms with Gasteiger partial charge in [-0.05, 0) is 22.4 Å². The lowest BCUT2D eigenvalue weighted by atomic mass is 10.0. The second-order valence-corrected chi connectivity index (χ2v) is 3.69. The Kier molecular flexibility index (Phi) is 5.08. The number of nitrogens with two attached hydrogens (primary N) is 1. The highest BCUT2D eigenvalue weighted by molar-refractivity contribution is 7.63. The largest absolute Gasteiger partial charge is 0.588 e. The molecule has 2 atom stereocenters. The van der Waals surface area contributed by atoms with Crippen molar-refractivity contribution in [1.29, 1.82) is 0 Å². The Hall–Kier alpha value is -1.44. The van der Waals surface area contributed by atoms with Gasteiger partial charge in [0.05, 0.1) is 11.3 Å². The average molecular weight is 259 g/mol. The number of hydrogen-bond donors (Lipinski definition) is 2. The molecule has 0 aliphatic carbocycles. The first-order valence-electron chi connectivity index (χ1n) is 4.73. The van der Waals surface area contributed by atoms with Gasteiger partial charge in [0, 0.05) is 0 Å². The van der Waals surface area contributed by atoms with Gasteiger partial charge in [-0.25, -0.2) is 4.39 Å². The Balaban J connectivity index is 3.00. The van der Waals surface area contributed by atoms with Crippen molar-refractivity contribution in [3.63, 3.8) is 0 Å². The first-order valence-corrected chi connectivity index (χ1v) is 5.47. The SMILES string of the molecule is COC(=O)[C@@H](N)[C@H](N[S+]=O)c1cccc(F)c1. The molecule has 17 heavy (non-hydrogen) atoms. The highest BCUT2D eigenvalue weighted by Gasteiger charge is 2.31. The van der Waals surface area contributed by atoms with E-state index in [9.17, 15) is 13.4 Å². The standard InChI is InChI=1S/C10H12FN2O3S/c1-16-10(14)8(12)9(13-17-15)6-3-2-4-7(11)5-6/h2-5,8-9H,12H2,1H3,(H,13,15)/q+1/t8-,9+/m0/s1. The van der Waals surface area contributed by atoms with Crippen LogP contribution in [0.2, 0.25) is 0 Å². The second kappa shape index (κ2) is 6.33. The number of rotatable bonds is 5. The Labute approximate surface area is 102 Å². The molecule has 3 N–H and O–H groups in total. The molecule has 1 rings (SSSR count). The molecule has 5 nitrogen and oxygen atoms in total. The number of esters is 1. The van der Waals surface area contributed by atoms with Gasteiger partial charge in [-0.15, -0.1) is 0 Å². The zero-order valence-corrected chi connectivity index (χ0v) is 9.87. The Morgan fingerprint density at radius 2 is 2.29 bits per heavy atom. The molecule has 0 unspecified atom stereocenters. The summed E-state index contributed by atoms with van der Waals surface area (Å²) >= 11 is 0.0564. The highest BCUT2D eigenvalue weighted by Crippen LogP contribution is 2.17. The van der Waals surface area contributed by atoms with E-state index in [2.05, 4.69) is 9.46 Å². The van der Waals surface area contributed by atoms with Crippen LogP contribution in [0.1, 0.15) is 11.6 Å². The van der Waals surface area contributed by atoms with Gasteiger partial charge in [0.25, 0.3) is 0 Å². The van der Waals surface area contributed by atoms with Crippen LogP contribution >= 0.6 is 0 Å². The third kappa shape index (κ3) is 3.52. The summed E-state index contributed by atoms with van der Waals surface area (Å²) in [5.41, 5.74) is 6.04. The molecule has 0 spiro atoms. The van der Waals surface area contributed by atoms with E-state index in [1.165, 1.54) is 25.3 Å². The maximum atomic E-state index is 13.0. The van der Waals surface area contributed by atoms with Crippen LogP contribution in [0, 0.1) is 5.82 Å². The van der Waals surface area contributed by atoms with Crippen LogP contribution in [0.4, 0.5) is 4.39 Å². The van der Waals surface area contributed by atoms with Crippen molar-refractivity contribution in [3.8, 4) is 0 Å². The predicted octanol–water partition coefficient (Wildman–Crippen LogP) is 0.300. The number of carbonyl (C=O) groups is 1. The smallest absolute Gasteiger partial charge is 0.468 e. The van der Waals surface area contributed by atoms with Gasteiger partial charge in [-0.2, -0.15) is 0 Å². The zero-order valence-electron chi connectivity index (χ0n) is 9.05. The van der Waals surface area contributed by atoms with Crippen molar-refractivity contribution < 1.29 is 18.1 Å². The van der Waals surface area contributed by atoms with Crippen LogP contribution in [0.15, 0.2) is 24.3 Å². The molecule has 0 saturated heterocycles. The van der Waals surface area contributed by atoms with E-state index in [0.717, 1.165) is 0 Å². The monoisotopic (exact) mass is 259 g/mol. The molecule has 7 heteroatoms. The van der Waals surface area contributed by atoms with E-state index in [4.69, 9.17) is 5.73 Å². The van der Waals surface area contributed by atoms with Gasteiger partial charge in [0.2, 0.25) is 0 Å². The quantitative estimate of drug-likeness (QED) is 0.453. The van der Waals surface area contributed by atoms with Gasteiger partial charge in [0.1, 0.15) is 17.9 Å².